The van der Waals surface area contributed by atoms with Crippen molar-refractivity contribution in [1.29, 1.82) is 0 Å². The lowest BCUT2D eigenvalue weighted by molar-refractivity contribution is -0.138. The van der Waals surface area contributed by atoms with E-state index in [1.165, 1.54) is 0 Å². The lowest BCUT2D eigenvalue weighted by Crippen LogP contribution is -2.11. The highest BCUT2D eigenvalue weighted by atomic mass is 16.5. The number of ether oxygens (including phenoxy) is 1. The van der Waals surface area contributed by atoms with Gasteiger partial charge in [-0.1, -0.05) is 20.4 Å². The van der Waals surface area contributed by atoms with E-state index in [4.69, 9.17) is 4.74 Å². The van der Waals surface area contributed by atoms with E-state index in [9.17, 15) is 4.79 Å². The van der Waals surface area contributed by atoms with Crippen molar-refractivity contribution in [2.45, 2.75) is 20.3 Å². The molecule has 0 heterocycles. The molecule has 2 nitrogen and oxygen atoms in total. The van der Waals surface area contributed by atoms with Crippen LogP contribution in [0.25, 0.3) is 0 Å². The van der Waals surface area contributed by atoms with Gasteiger partial charge in [0.15, 0.2) is 0 Å². The third kappa shape index (κ3) is 7.10. The first-order valence-electron chi connectivity index (χ1n) is 3.60. The molecular formula is C9H15O2. The maximum absolute atomic E-state index is 10.5. The van der Waals surface area contributed by atoms with Crippen molar-refractivity contribution in [3.8, 4) is 0 Å². The Kier molecular flexibility index (Phi) is 3.86. The van der Waals surface area contributed by atoms with E-state index < -0.39 is 0 Å². The van der Waals surface area contributed by atoms with Crippen molar-refractivity contribution in [1.82, 2.24) is 0 Å². The van der Waals surface area contributed by atoms with Gasteiger partial charge in [0.2, 0.25) is 0 Å². The molecule has 0 bridgehead atoms. The zero-order valence-corrected chi connectivity index (χ0v) is 7.22. The molecule has 0 N–H and O–H groups in total. The Labute approximate surface area is 68.2 Å². The molecule has 0 saturated heterocycles. The van der Waals surface area contributed by atoms with Crippen LogP contribution < -0.4 is 0 Å². The van der Waals surface area contributed by atoms with Gasteiger partial charge in [-0.3, -0.25) is 0 Å². The molecule has 0 aromatic carbocycles. The largest absolute Gasteiger partial charge is 0.463 e. The Morgan fingerprint density at radius 3 is 2.55 bits per heavy atom. The smallest absolute Gasteiger partial charge is 0.330 e. The average molecular weight is 155 g/mol. The Bertz CT molecular complexity index is 142. The predicted molar refractivity (Wildman–Crippen MR) is 44.9 cm³/mol. The van der Waals surface area contributed by atoms with E-state index in [-0.39, 0.29) is 11.4 Å². The standard InChI is InChI=1S/C9H15O2/c1-5-8(10)11-7-6-9(2,3)4/h5H,1-2,6-7H2,3-4H3. The second-order valence-corrected chi connectivity index (χ2v) is 3.29. The maximum Gasteiger partial charge on any atom is 0.330 e. The van der Waals surface area contributed by atoms with Gasteiger partial charge in [0.25, 0.3) is 0 Å². The van der Waals surface area contributed by atoms with Crippen LogP contribution >= 0.6 is 0 Å². The van der Waals surface area contributed by atoms with Gasteiger partial charge in [-0.25, -0.2) is 4.79 Å². The van der Waals surface area contributed by atoms with Crippen molar-refractivity contribution >= 4 is 5.97 Å². The number of hydrogen-bond acceptors (Lipinski definition) is 2. The zero-order chi connectivity index (χ0) is 8.91. The SMILES string of the molecule is [CH2]C(C)(C)CCOC(=O)C=C. The molecule has 0 aliphatic rings. The minimum absolute atomic E-state index is 0.0263. The molecule has 0 fully saturated rings. The number of rotatable bonds is 4. The fourth-order valence-corrected chi connectivity index (χ4v) is 0.487. The molecule has 0 aliphatic heterocycles. The zero-order valence-electron chi connectivity index (χ0n) is 7.22. The summed E-state index contributed by atoms with van der Waals surface area (Å²) in [5, 5.41) is 0. The fourth-order valence-electron chi connectivity index (χ4n) is 0.487. The summed E-state index contributed by atoms with van der Waals surface area (Å²) >= 11 is 0. The summed E-state index contributed by atoms with van der Waals surface area (Å²) in [7, 11) is 0. The quantitative estimate of drug-likeness (QED) is 0.458. The molecule has 0 atom stereocenters. The fraction of sp³-hybridized carbons (Fsp3) is 0.556. The number of carbonyl (C=O) groups excluding carboxylic acids is 1. The highest BCUT2D eigenvalue weighted by Gasteiger charge is 2.10. The van der Waals surface area contributed by atoms with E-state index in [0.717, 1.165) is 12.5 Å². The molecule has 0 aromatic heterocycles. The van der Waals surface area contributed by atoms with E-state index in [0.29, 0.717) is 6.61 Å². The Morgan fingerprint density at radius 2 is 2.18 bits per heavy atom. The first kappa shape index (κ1) is 10.2. The van der Waals surface area contributed by atoms with E-state index in [1.807, 2.05) is 13.8 Å². The minimum Gasteiger partial charge on any atom is -0.463 e. The summed E-state index contributed by atoms with van der Waals surface area (Å²) in [6, 6.07) is 0. The number of carbonyl (C=O) groups is 1. The van der Waals surface area contributed by atoms with Gasteiger partial charge in [0.1, 0.15) is 0 Å². The van der Waals surface area contributed by atoms with Crippen molar-refractivity contribution < 1.29 is 9.53 Å². The van der Waals surface area contributed by atoms with Crippen molar-refractivity contribution in [2.24, 2.45) is 5.41 Å². The van der Waals surface area contributed by atoms with E-state index in [1.54, 1.807) is 0 Å². The first-order valence-corrected chi connectivity index (χ1v) is 3.60. The first-order chi connectivity index (χ1) is 4.95. The van der Waals surface area contributed by atoms with Crippen LogP contribution in [0.5, 0.6) is 0 Å². The summed E-state index contributed by atoms with van der Waals surface area (Å²) < 4.78 is 4.77. The third-order valence-electron chi connectivity index (χ3n) is 1.19. The van der Waals surface area contributed by atoms with Gasteiger partial charge >= 0.3 is 5.97 Å². The van der Waals surface area contributed by atoms with E-state index in [2.05, 4.69) is 13.5 Å². The number of esters is 1. The highest BCUT2D eigenvalue weighted by Crippen LogP contribution is 2.17. The van der Waals surface area contributed by atoms with E-state index >= 15 is 0 Å². The van der Waals surface area contributed by atoms with Crippen LogP contribution in [0.4, 0.5) is 0 Å². The highest BCUT2D eigenvalue weighted by molar-refractivity contribution is 5.81. The minimum atomic E-state index is -0.366. The molecule has 0 rings (SSSR count). The Hall–Kier alpha value is -0.790. The molecule has 0 spiro atoms. The van der Waals surface area contributed by atoms with Gasteiger partial charge in [-0.05, 0) is 18.8 Å². The topological polar surface area (TPSA) is 26.3 Å². The lowest BCUT2D eigenvalue weighted by Gasteiger charge is -2.16. The monoisotopic (exact) mass is 155 g/mol. The summed E-state index contributed by atoms with van der Waals surface area (Å²) in [6.07, 6.45) is 1.93. The van der Waals surface area contributed by atoms with Crippen LogP contribution in [0.1, 0.15) is 20.3 Å². The second-order valence-electron chi connectivity index (χ2n) is 3.29. The maximum atomic E-state index is 10.5. The molecule has 63 valence electrons. The summed E-state index contributed by atoms with van der Waals surface area (Å²) in [4.78, 5) is 10.5. The Balaban J connectivity index is 3.42. The average Bonchev–Trinajstić information content (AvgIpc) is 1.85. The molecule has 2 heteroatoms. The Morgan fingerprint density at radius 1 is 1.64 bits per heavy atom. The molecule has 1 radical (unpaired) electrons. The molecule has 0 saturated carbocycles. The molecule has 0 aromatic rings. The molecular weight excluding hydrogens is 140 g/mol. The molecule has 0 unspecified atom stereocenters. The van der Waals surface area contributed by atoms with Crippen LogP contribution in [0.15, 0.2) is 12.7 Å². The third-order valence-corrected chi connectivity index (χ3v) is 1.19. The summed E-state index contributed by atoms with van der Waals surface area (Å²) in [5.74, 6) is -0.366. The van der Waals surface area contributed by atoms with Gasteiger partial charge in [-0.2, -0.15) is 0 Å². The molecule has 11 heavy (non-hydrogen) atoms. The van der Waals surface area contributed by atoms with Crippen LogP contribution in [0, 0.1) is 12.3 Å². The van der Waals surface area contributed by atoms with Crippen LogP contribution in [0.3, 0.4) is 0 Å². The van der Waals surface area contributed by atoms with Crippen molar-refractivity contribution in [3.05, 3.63) is 19.6 Å². The lowest BCUT2D eigenvalue weighted by atomic mass is 9.93. The summed E-state index contributed by atoms with van der Waals surface area (Å²) in [5.41, 5.74) is -0.0263. The molecule has 0 aliphatic carbocycles. The van der Waals surface area contributed by atoms with Crippen LogP contribution in [0.2, 0.25) is 0 Å². The predicted octanol–water partition coefficient (Wildman–Crippen LogP) is 1.97. The molecule has 0 amide bonds. The van der Waals surface area contributed by atoms with Crippen molar-refractivity contribution in [2.75, 3.05) is 6.61 Å². The van der Waals surface area contributed by atoms with Gasteiger partial charge < -0.3 is 4.74 Å². The summed E-state index contributed by atoms with van der Waals surface area (Å²) in [6.45, 7) is 11.6. The second kappa shape index (κ2) is 4.16. The van der Waals surface area contributed by atoms with Crippen LogP contribution in [-0.4, -0.2) is 12.6 Å². The van der Waals surface area contributed by atoms with Crippen molar-refractivity contribution in [3.63, 3.8) is 0 Å². The normalized spacial score (nSPS) is 10.8. The van der Waals surface area contributed by atoms with Gasteiger partial charge in [-0.15, -0.1) is 0 Å². The van der Waals surface area contributed by atoms with Gasteiger partial charge in [0.05, 0.1) is 6.61 Å². The van der Waals surface area contributed by atoms with Gasteiger partial charge in [0, 0.05) is 6.08 Å². The van der Waals surface area contributed by atoms with Crippen LogP contribution in [-0.2, 0) is 9.53 Å². The number of hydrogen-bond donors (Lipinski definition) is 0.